The van der Waals surface area contributed by atoms with E-state index in [0.717, 1.165) is 5.69 Å². The van der Waals surface area contributed by atoms with Gasteiger partial charge in [-0.25, -0.2) is 4.79 Å². The molecule has 0 aliphatic heterocycles. The van der Waals surface area contributed by atoms with Gasteiger partial charge in [-0.2, -0.15) is 5.10 Å². The largest absolute Gasteiger partial charge is 0.462 e. The topological polar surface area (TPSA) is 44.1 Å². The van der Waals surface area contributed by atoms with Crippen molar-refractivity contribution in [1.82, 2.24) is 9.78 Å². The summed E-state index contributed by atoms with van der Waals surface area (Å²) in [4.78, 5) is 12.0. The Morgan fingerprint density at radius 1 is 1.32 bits per heavy atom. The van der Waals surface area contributed by atoms with Crippen LogP contribution in [0.3, 0.4) is 0 Å². The minimum absolute atomic E-state index is 0.202. The molecule has 2 fully saturated rings. The molecule has 1 aromatic rings. The molecule has 0 N–H and O–H groups in total. The molecule has 104 valence electrons. The molecule has 4 nitrogen and oxygen atoms in total. The second kappa shape index (κ2) is 5.35. The predicted molar refractivity (Wildman–Crippen MR) is 72.3 cm³/mol. The molecule has 1 heterocycles. The van der Waals surface area contributed by atoms with Gasteiger partial charge in [0, 0.05) is 5.92 Å². The van der Waals surface area contributed by atoms with Gasteiger partial charge in [-0.3, -0.25) is 4.68 Å². The van der Waals surface area contributed by atoms with Gasteiger partial charge in [0.1, 0.15) is 5.56 Å². The summed E-state index contributed by atoms with van der Waals surface area (Å²) in [5, 5.41) is 4.52. The van der Waals surface area contributed by atoms with E-state index >= 15 is 0 Å². The third-order valence-electron chi connectivity index (χ3n) is 4.21. The fourth-order valence-corrected chi connectivity index (χ4v) is 3.12. The minimum atomic E-state index is -0.202. The molecule has 1 aromatic heterocycles. The highest BCUT2D eigenvalue weighted by Crippen LogP contribution is 2.44. The van der Waals surface area contributed by atoms with E-state index in [4.69, 9.17) is 4.74 Å². The Kier molecular flexibility index (Phi) is 3.58. The summed E-state index contributed by atoms with van der Waals surface area (Å²) in [5.74, 6) is 0.329. The van der Waals surface area contributed by atoms with E-state index < -0.39 is 0 Å². The molecule has 0 amide bonds. The van der Waals surface area contributed by atoms with Gasteiger partial charge >= 0.3 is 5.97 Å². The normalized spacial score (nSPS) is 20.5. The number of ether oxygens (including phenoxy) is 1. The van der Waals surface area contributed by atoms with E-state index in [2.05, 4.69) is 9.78 Å². The molecule has 0 atom stereocenters. The maximum Gasteiger partial charge on any atom is 0.341 e. The number of esters is 1. The van der Waals surface area contributed by atoms with Crippen LogP contribution in [0.25, 0.3) is 0 Å². The highest BCUT2D eigenvalue weighted by Gasteiger charge is 2.34. The van der Waals surface area contributed by atoms with Gasteiger partial charge in [0.15, 0.2) is 0 Å². The van der Waals surface area contributed by atoms with Crippen LogP contribution in [0.1, 0.15) is 79.9 Å². The Labute approximate surface area is 114 Å². The fourth-order valence-electron chi connectivity index (χ4n) is 3.12. The monoisotopic (exact) mass is 262 g/mol. The van der Waals surface area contributed by atoms with Crippen LogP contribution in [0, 0.1) is 0 Å². The van der Waals surface area contributed by atoms with E-state index in [1.54, 1.807) is 6.20 Å². The molecule has 3 rings (SSSR count). The lowest BCUT2D eigenvalue weighted by Gasteiger charge is -2.24. The van der Waals surface area contributed by atoms with E-state index in [1.807, 2.05) is 6.92 Å². The average molecular weight is 262 g/mol. The molecule has 0 bridgehead atoms. The first-order valence-electron chi connectivity index (χ1n) is 7.55. The van der Waals surface area contributed by atoms with E-state index in [9.17, 15) is 4.79 Å². The molecule has 0 radical (unpaired) electrons. The molecule has 2 saturated carbocycles. The van der Waals surface area contributed by atoms with Crippen molar-refractivity contribution >= 4 is 5.97 Å². The van der Waals surface area contributed by atoms with Crippen molar-refractivity contribution in [3.63, 3.8) is 0 Å². The Hall–Kier alpha value is -1.32. The van der Waals surface area contributed by atoms with Gasteiger partial charge in [0.05, 0.1) is 24.5 Å². The minimum Gasteiger partial charge on any atom is -0.462 e. The van der Waals surface area contributed by atoms with Gasteiger partial charge < -0.3 is 4.74 Å². The summed E-state index contributed by atoms with van der Waals surface area (Å²) < 4.78 is 7.30. The summed E-state index contributed by atoms with van der Waals surface area (Å²) in [6.07, 6.45) is 10.4. The standard InChI is InChI=1S/C15H22N2O2/c1-2-19-15(18)13-10-16-17(14(13)11-8-9-11)12-6-4-3-5-7-12/h10-12H,2-9H2,1H3. The number of rotatable bonds is 4. The highest BCUT2D eigenvalue weighted by molar-refractivity contribution is 5.90. The molecule has 0 spiro atoms. The zero-order chi connectivity index (χ0) is 13.2. The lowest BCUT2D eigenvalue weighted by atomic mass is 9.95. The summed E-state index contributed by atoms with van der Waals surface area (Å²) in [7, 11) is 0. The number of carbonyl (C=O) groups is 1. The molecule has 0 aromatic carbocycles. The predicted octanol–water partition coefficient (Wildman–Crippen LogP) is 3.44. The first-order chi connectivity index (χ1) is 9.31. The van der Waals surface area contributed by atoms with Crippen LogP contribution in [0.15, 0.2) is 6.20 Å². The van der Waals surface area contributed by atoms with Crippen LogP contribution in [0.4, 0.5) is 0 Å². The summed E-state index contributed by atoms with van der Waals surface area (Å²) in [6, 6.07) is 0.493. The Balaban J connectivity index is 1.89. The smallest absolute Gasteiger partial charge is 0.341 e. The third-order valence-corrected chi connectivity index (χ3v) is 4.21. The van der Waals surface area contributed by atoms with Crippen LogP contribution < -0.4 is 0 Å². The SMILES string of the molecule is CCOC(=O)c1cnn(C2CCCCC2)c1C1CC1. The fraction of sp³-hybridized carbons (Fsp3) is 0.733. The second-order valence-electron chi connectivity index (χ2n) is 5.67. The highest BCUT2D eigenvalue weighted by atomic mass is 16.5. The van der Waals surface area contributed by atoms with Crippen LogP contribution in [0.5, 0.6) is 0 Å². The van der Waals surface area contributed by atoms with Crippen LogP contribution >= 0.6 is 0 Å². The van der Waals surface area contributed by atoms with Gasteiger partial charge in [0.2, 0.25) is 0 Å². The van der Waals surface area contributed by atoms with E-state index in [-0.39, 0.29) is 5.97 Å². The van der Waals surface area contributed by atoms with Crippen molar-refractivity contribution in [1.29, 1.82) is 0 Å². The van der Waals surface area contributed by atoms with Gasteiger partial charge in [-0.15, -0.1) is 0 Å². The summed E-state index contributed by atoms with van der Waals surface area (Å²) in [5.41, 5.74) is 1.85. The van der Waals surface area contributed by atoms with Gasteiger partial charge in [-0.05, 0) is 32.6 Å². The molecular formula is C15H22N2O2. The first-order valence-corrected chi connectivity index (χ1v) is 7.55. The van der Waals surface area contributed by atoms with Crippen molar-refractivity contribution in [2.24, 2.45) is 0 Å². The third kappa shape index (κ3) is 2.53. The number of hydrogen-bond donors (Lipinski definition) is 0. The van der Waals surface area contributed by atoms with Crippen molar-refractivity contribution in [3.05, 3.63) is 17.5 Å². The number of aromatic nitrogens is 2. The average Bonchev–Trinajstić information content (AvgIpc) is 3.18. The van der Waals surface area contributed by atoms with Crippen molar-refractivity contribution < 1.29 is 9.53 Å². The molecule has 0 saturated heterocycles. The molecule has 2 aliphatic rings. The molecular weight excluding hydrogens is 240 g/mol. The molecule has 19 heavy (non-hydrogen) atoms. The maximum absolute atomic E-state index is 12.0. The summed E-state index contributed by atoms with van der Waals surface area (Å²) in [6.45, 7) is 2.28. The zero-order valence-corrected chi connectivity index (χ0v) is 11.6. The molecule has 2 aliphatic carbocycles. The lowest BCUT2D eigenvalue weighted by molar-refractivity contribution is 0.0524. The Bertz CT molecular complexity index is 457. The van der Waals surface area contributed by atoms with Gasteiger partial charge in [-0.1, -0.05) is 19.3 Å². The number of hydrogen-bond acceptors (Lipinski definition) is 3. The number of carbonyl (C=O) groups excluding carboxylic acids is 1. The quantitative estimate of drug-likeness (QED) is 0.781. The van der Waals surface area contributed by atoms with Crippen LogP contribution in [0.2, 0.25) is 0 Å². The Morgan fingerprint density at radius 3 is 2.68 bits per heavy atom. The van der Waals surface area contributed by atoms with Crippen molar-refractivity contribution in [3.8, 4) is 0 Å². The zero-order valence-electron chi connectivity index (χ0n) is 11.6. The molecule has 4 heteroatoms. The number of nitrogens with zero attached hydrogens (tertiary/aromatic N) is 2. The van der Waals surface area contributed by atoms with Crippen molar-refractivity contribution in [2.45, 2.75) is 63.8 Å². The maximum atomic E-state index is 12.0. The second-order valence-corrected chi connectivity index (χ2v) is 5.67. The van der Waals surface area contributed by atoms with E-state index in [1.165, 1.54) is 44.9 Å². The lowest BCUT2D eigenvalue weighted by Crippen LogP contribution is -2.17. The van der Waals surface area contributed by atoms with Crippen LogP contribution in [-0.2, 0) is 4.74 Å². The Morgan fingerprint density at radius 2 is 2.05 bits per heavy atom. The molecule has 0 unspecified atom stereocenters. The van der Waals surface area contributed by atoms with Crippen molar-refractivity contribution in [2.75, 3.05) is 6.61 Å². The van der Waals surface area contributed by atoms with Crippen LogP contribution in [-0.4, -0.2) is 22.4 Å². The van der Waals surface area contributed by atoms with Gasteiger partial charge in [0.25, 0.3) is 0 Å². The summed E-state index contributed by atoms with van der Waals surface area (Å²) >= 11 is 0. The first kappa shape index (κ1) is 12.7. The van der Waals surface area contributed by atoms with E-state index in [0.29, 0.717) is 24.1 Å².